The summed E-state index contributed by atoms with van der Waals surface area (Å²) in [6.45, 7) is 1.61. The van der Waals surface area contributed by atoms with Crippen LogP contribution in [-0.4, -0.2) is 12.0 Å². The van der Waals surface area contributed by atoms with Crippen LogP contribution in [-0.2, 0) is 4.79 Å². The highest BCUT2D eigenvalue weighted by atomic mass is 16.1. The van der Waals surface area contributed by atoms with E-state index < -0.39 is 0 Å². The van der Waals surface area contributed by atoms with Gasteiger partial charge in [-0.2, -0.15) is 0 Å². The monoisotopic (exact) mass is 137 g/mol. The van der Waals surface area contributed by atoms with Crippen LogP contribution in [0.25, 0.3) is 0 Å². The van der Waals surface area contributed by atoms with Gasteiger partial charge in [0.1, 0.15) is 5.78 Å². The maximum atomic E-state index is 10.5. The number of aliphatic imine (C=N–C) groups is 1. The van der Waals surface area contributed by atoms with Crippen LogP contribution < -0.4 is 0 Å². The van der Waals surface area contributed by atoms with Crippen LogP contribution in [0.4, 0.5) is 0 Å². The van der Waals surface area contributed by atoms with Crippen molar-refractivity contribution in [2.75, 3.05) is 0 Å². The van der Waals surface area contributed by atoms with Gasteiger partial charge in [-0.25, -0.2) is 0 Å². The molecule has 2 nitrogen and oxygen atoms in total. The number of nitrogens with zero attached hydrogens (tertiary/aromatic N) is 1. The van der Waals surface area contributed by atoms with Gasteiger partial charge in [0.15, 0.2) is 0 Å². The van der Waals surface area contributed by atoms with E-state index in [2.05, 4.69) is 11.1 Å². The molecule has 10 heavy (non-hydrogen) atoms. The third kappa shape index (κ3) is 2.13. The number of allylic oxidation sites excluding steroid dienone is 2. The Morgan fingerprint density at radius 3 is 3.10 bits per heavy atom. The smallest absolute Gasteiger partial charge is 0.130 e. The van der Waals surface area contributed by atoms with Crippen molar-refractivity contribution in [2.45, 2.75) is 26.2 Å². The molecule has 1 heterocycles. The zero-order chi connectivity index (χ0) is 7.40. The molecular formula is C8H11NO. The summed E-state index contributed by atoms with van der Waals surface area (Å²) in [5.74, 6) is 0.239. The summed E-state index contributed by atoms with van der Waals surface area (Å²) < 4.78 is 0. The van der Waals surface area contributed by atoms with Gasteiger partial charge in [-0.1, -0.05) is 6.08 Å². The normalized spacial score (nSPS) is 15.5. The van der Waals surface area contributed by atoms with Crippen molar-refractivity contribution in [3.8, 4) is 0 Å². The highest BCUT2D eigenvalue weighted by Gasteiger charge is 2.00. The number of hydrogen-bond donors (Lipinski definition) is 0. The summed E-state index contributed by atoms with van der Waals surface area (Å²) in [4.78, 5) is 14.6. The van der Waals surface area contributed by atoms with Crippen LogP contribution in [0.15, 0.2) is 16.8 Å². The number of hydrogen-bond acceptors (Lipinski definition) is 2. The Balaban J connectivity index is 2.26. The van der Waals surface area contributed by atoms with E-state index in [9.17, 15) is 4.79 Å². The van der Waals surface area contributed by atoms with E-state index in [4.69, 9.17) is 0 Å². The first kappa shape index (κ1) is 7.19. The molecule has 0 unspecified atom stereocenters. The Morgan fingerprint density at radius 1 is 1.80 bits per heavy atom. The summed E-state index contributed by atoms with van der Waals surface area (Å²) in [6.07, 6.45) is 6.31. The number of ketones is 1. The summed E-state index contributed by atoms with van der Waals surface area (Å²) in [5.41, 5.74) is 1.07. The fraction of sp³-hybridized carbons (Fsp3) is 0.500. The lowest BCUT2D eigenvalue weighted by atomic mass is 10.2. The lowest BCUT2D eigenvalue weighted by Crippen LogP contribution is -1.89. The molecule has 1 aliphatic rings. The highest BCUT2D eigenvalue weighted by Crippen LogP contribution is 2.11. The molecule has 0 bridgehead atoms. The second-order valence-electron chi connectivity index (χ2n) is 2.44. The van der Waals surface area contributed by atoms with Crippen LogP contribution >= 0.6 is 0 Å². The van der Waals surface area contributed by atoms with Gasteiger partial charge in [-0.15, -0.1) is 0 Å². The highest BCUT2D eigenvalue weighted by molar-refractivity contribution is 5.76. The molecule has 0 aromatic heterocycles. The van der Waals surface area contributed by atoms with Gasteiger partial charge in [0.05, 0.1) is 0 Å². The maximum Gasteiger partial charge on any atom is 0.130 e. The van der Waals surface area contributed by atoms with E-state index >= 15 is 0 Å². The standard InChI is InChI=1S/C8H11NO/c1-7(10)4-5-8-3-2-6-9-8/h3,6H,2,4-5H2,1H3. The number of Topliss-reactive ketones (excluding diaryl/α,β-unsaturated/α-hetero) is 1. The topological polar surface area (TPSA) is 29.4 Å². The van der Waals surface area contributed by atoms with Crippen LogP contribution in [0.5, 0.6) is 0 Å². The van der Waals surface area contributed by atoms with E-state index in [0.29, 0.717) is 6.42 Å². The van der Waals surface area contributed by atoms with Crippen molar-refractivity contribution in [3.05, 3.63) is 11.8 Å². The van der Waals surface area contributed by atoms with Gasteiger partial charge in [-0.3, -0.25) is 4.99 Å². The molecule has 0 amide bonds. The zero-order valence-corrected chi connectivity index (χ0v) is 6.13. The molecule has 0 atom stereocenters. The lowest BCUT2D eigenvalue weighted by molar-refractivity contribution is -0.116. The summed E-state index contributed by atoms with van der Waals surface area (Å²) in [7, 11) is 0. The first-order valence-electron chi connectivity index (χ1n) is 3.50. The van der Waals surface area contributed by atoms with E-state index in [1.807, 2.05) is 6.21 Å². The van der Waals surface area contributed by atoms with Crippen molar-refractivity contribution < 1.29 is 4.79 Å². The molecule has 0 aromatic carbocycles. The Morgan fingerprint density at radius 2 is 2.60 bits per heavy atom. The number of carbonyl (C=O) groups excluding carboxylic acids is 1. The number of carbonyl (C=O) groups is 1. The molecule has 0 aliphatic carbocycles. The van der Waals surface area contributed by atoms with Gasteiger partial charge >= 0.3 is 0 Å². The Hall–Kier alpha value is -0.920. The molecule has 0 saturated carbocycles. The summed E-state index contributed by atoms with van der Waals surface area (Å²) >= 11 is 0. The van der Waals surface area contributed by atoms with Crippen molar-refractivity contribution in [3.63, 3.8) is 0 Å². The third-order valence-electron chi connectivity index (χ3n) is 1.45. The maximum absolute atomic E-state index is 10.5. The first-order valence-corrected chi connectivity index (χ1v) is 3.50. The molecule has 0 N–H and O–H groups in total. The minimum absolute atomic E-state index is 0.239. The minimum atomic E-state index is 0.239. The van der Waals surface area contributed by atoms with Crippen molar-refractivity contribution in [1.29, 1.82) is 0 Å². The van der Waals surface area contributed by atoms with Crippen LogP contribution in [0.1, 0.15) is 26.2 Å². The minimum Gasteiger partial charge on any atom is -0.300 e. The van der Waals surface area contributed by atoms with Crippen LogP contribution in [0.2, 0.25) is 0 Å². The van der Waals surface area contributed by atoms with E-state index in [1.165, 1.54) is 0 Å². The fourth-order valence-corrected chi connectivity index (χ4v) is 0.882. The predicted octanol–water partition coefficient (Wildman–Crippen LogP) is 1.71. The molecule has 0 saturated heterocycles. The van der Waals surface area contributed by atoms with Crippen LogP contribution in [0, 0.1) is 0 Å². The van der Waals surface area contributed by atoms with E-state index in [0.717, 1.165) is 18.5 Å². The van der Waals surface area contributed by atoms with Gasteiger partial charge < -0.3 is 4.79 Å². The molecule has 54 valence electrons. The Kier molecular flexibility index (Phi) is 2.37. The first-order chi connectivity index (χ1) is 4.79. The van der Waals surface area contributed by atoms with E-state index in [-0.39, 0.29) is 5.78 Å². The SMILES string of the molecule is CC(=O)CCC1=CCC=N1. The summed E-state index contributed by atoms with van der Waals surface area (Å²) in [6, 6.07) is 0. The van der Waals surface area contributed by atoms with Gasteiger partial charge in [-0.05, 0) is 13.3 Å². The molecule has 0 aromatic rings. The average Bonchev–Trinajstić information content (AvgIpc) is 2.34. The zero-order valence-electron chi connectivity index (χ0n) is 6.13. The molecule has 0 spiro atoms. The molecule has 0 fully saturated rings. The van der Waals surface area contributed by atoms with Gasteiger partial charge in [0.2, 0.25) is 0 Å². The van der Waals surface area contributed by atoms with E-state index in [1.54, 1.807) is 6.92 Å². The van der Waals surface area contributed by atoms with Crippen LogP contribution in [0.3, 0.4) is 0 Å². The van der Waals surface area contributed by atoms with Crippen molar-refractivity contribution in [1.82, 2.24) is 0 Å². The predicted molar refractivity (Wildman–Crippen MR) is 41.1 cm³/mol. The second-order valence-corrected chi connectivity index (χ2v) is 2.44. The molecular weight excluding hydrogens is 126 g/mol. The molecule has 2 heteroatoms. The number of rotatable bonds is 3. The Labute approximate surface area is 60.7 Å². The molecule has 1 rings (SSSR count). The summed E-state index contributed by atoms with van der Waals surface area (Å²) in [5, 5.41) is 0. The average molecular weight is 137 g/mol. The quantitative estimate of drug-likeness (QED) is 0.582. The Bertz CT molecular complexity index is 191. The molecule has 0 radical (unpaired) electrons. The second kappa shape index (κ2) is 3.30. The van der Waals surface area contributed by atoms with Gasteiger partial charge in [0, 0.05) is 24.8 Å². The lowest BCUT2D eigenvalue weighted by Gasteiger charge is -1.93. The third-order valence-corrected chi connectivity index (χ3v) is 1.45. The van der Waals surface area contributed by atoms with Crippen molar-refractivity contribution >= 4 is 12.0 Å². The van der Waals surface area contributed by atoms with Crippen molar-refractivity contribution in [2.24, 2.45) is 4.99 Å². The fourth-order valence-electron chi connectivity index (χ4n) is 0.882. The molecule has 1 aliphatic heterocycles. The van der Waals surface area contributed by atoms with Gasteiger partial charge in [0.25, 0.3) is 0 Å². The largest absolute Gasteiger partial charge is 0.300 e.